The van der Waals surface area contributed by atoms with Gasteiger partial charge in [-0.1, -0.05) is 36.4 Å². The summed E-state index contributed by atoms with van der Waals surface area (Å²) in [5.41, 5.74) is 0.796. The smallest absolute Gasteiger partial charge is 0.234 e. The standard InChI is InChI=1S/C13H9O2/c1-9(15)11-7-6-10-4-2-3-5-12(10)13(11)8-14/h2-7H,1H3. The van der Waals surface area contributed by atoms with E-state index in [-0.39, 0.29) is 5.78 Å². The molecule has 0 atom stereocenters. The van der Waals surface area contributed by atoms with Crippen molar-refractivity contribution in [3.8, 4) is 0 Å². The Kier molecular flexibility index (Phi) is 2.34. The van der Waals surface area contributed by atoms with Crippen LogP contribution in [0.2, 0.25) is 0 Å². The van der Waals surface area contributed by atoms with E-state index in [9.17, 15) is 9.59 Å². The molecule has 0 aromatic heterocycles. The molecule has 0 bridgehead atoms. The minimum Gasteiger partial charge on any atom is -0.294 e. The zero-order chi connectivity index (χ0) is 10.8. The molecule has 0 aliphatic carbocycles. The van der Waals surface area contributed by atoms with Gasteiger partial charge in [0.25, 0.3) is 0 Å². The summed E-state index contributed by atoms with van der Waals surface area (Å²) in [6.07, 6.45) is 1.85. The molecule has 0 saturated heterocycles. The molecule has 0 spiro atoms. The van der Waals surface area contributed by atoms with Crippen LogP contribution < -0.4 is 0 Å². The third-order valence-corrected chi connectivity index (χ3v) is 2.41. The molecule has 0 aliphatic heterocycles. The average Bonchev–Trinajstić information content (AvgIpc) is 2.27. The number of hydrogen-bond donors (Lipinski definition) is 0. The molecule has 2 rings (SSSR count). The minimum atomic E-state index is -0.112. The SMILES string of the molecule is CC(=O)c1ccc2ccccc2c1[C]=O. The molecule has 0 saturated carbocycles. The Labute approximate surface area is 87.5 Å². The molecule has 2 heteroatoms. The van der Waals surface area contributed by atoms with Crippen LogP contribution in [0.5, 0.6) is 0 Å². The number of Topliss-reactive ketones (excluding diaryl/α,β-unsaturated/α-hetero) is 1. The molecule has 0 unspecified atom stereocenters. The first kappa shape index (κ1) is 9.59. The first-order chi connectivity index (χ1) is 7.24. The second-order valence-corrected chi connectivity index (χ2v) is 3.37. The fourth-order valence-electron chi connectivity index (χ4n) is 1.67. The largest absolute Gasteiger partial charge is 0.294 e. The Morgan fingerprint density at radius 3 is 2.53 bits per heavy atom. The van der Waals surface area contributed by atoms with Gasteiger partial charge in [-0.25, -0.2) is 0 Å². The van der Waals surface area contributed by atoms with E-state index in [1.807, 2.05) is 36.6 Å². The lowest BCUT2D eigenvalue weighted by Crippen LogP contribution is -1.99. The van der Waals surface area contributed by atoms with Crippen molar-refractivity contribution in [2.75, 3.05) is 0 Å². The molecular formula is C13H9O2. The molecule has 15 heavy (non-hydrogen) atoms. The normalized spacial score (nSPS) is 10.2. The lowest BCUT2D eigenvalue weighted by molar-refractivity contribution is 0.101. The van der Waals surface area contributed by atoms with E-state index in [0.717, 1.165) is 10.8 Å². The van der Waals surface area contributed by atoms with Gasteiger partial charge in [0.2, 0.25) is 6.29 Å². The number of benzene rings is 2. The highest BCUT2D eigenvalue weighted by molar-refractivity contribution is 6.09. The zero-order valence-corrected chi connectivity index (χ0v) is 8.28. The molecular weight excluding hydrogens is 188 g/mol. The van der Waals surface area contributed by atoms with Crippen molar-refractivity contribution in [3.63, 3.8) is 0 Å². The maximum absolute atomic E-state index is 11.3. The van der Waals surface area contributed by atoms with Gasteiger partial charge in [0.1, 0.15) is 0 Å². The second kappa shape index (κ2) is 3.65. The Balaban J connectivity index is 2.87. The summed E-state index contributed by atoms with van der Waals surface area (Å²) in [5.74, 6) is -0.112. The third-order valence-electron chi connectivity index (χ3n) is 2.41. The summed E-state index contributed by atoms with van der Waals surface area (Å²) in [5, 5.41) is 1.72. The Bertz CT molecular complexity index is 541. The molecule has 2 aromatic rings. The van der Waals surface area contributed by atoms with Crippen LogP contribution in [-0.4, -0.2) is 12.1 Å². The van der Waals surface area contributed by atoms with Crippen LogP contribution >= 0.6 is 0 Å². The van der Waals surface area contributed by atoms with E-state index in [1.54, 1.807) is 6.07 Å². The van der Waals surface area contributed by atoms with E-state index in [1.165, 1.54) is 6.92 Å². The highest BCUT2D eigenvalue weighted by atomic mass is 16.1. The summed E-state index contributed by atoms with van der Waals surface area (Å²) in [4.78, 5) is 22.2. The van der Waals surface area contributed by atoms with Crippen LogP contribution in [0.25, 0.3) is 10.8 Å². The van der Waals surface area contributed by atoms with Crippen molar-refractivity contribution in [1.29, 1.82) is 0 Å². The number of hydrogen-bond acceptors (Lipinski definition) is 2. The van der Waals surface area contributed by atoms with E-state index in [2.05, 4.69) is 0 Å². The van der Waals surface area contributed by atoms with Crippen molar-refractivity contribution >= 4 is 22.8 Å². The first-order valence-electron chi connectivity index (χ1n) is 4.65. The first-order valence-corrected chi connectivity index (χ1v) is 4.65. The fraction of sp³-hybridized carbons (Fsp3) is 0.0769. The number of ketones is 1. The summed E-state index contributed by atoms with van der Waals surface area (Å²) in [6.45, 7) is 1.45. The number of rotatable bonds is 2. The van der Waals surface area contributed by atoms with E-state index in [0.29, 0.717) is 11.1 Å². The van der Waals surface area contributed by atoms with E-state index >= 15 is 0 Å². The average molecular weight is 197 g/mol. The van der Waals surface area contributed by atoms with Crippen molar-refractivity contribution in [1.82, 2.24) is 0 Å². The van der Waals surface area contributed by atoms with Crippen LogP contribution in [-0.2, 0) is 4.79 Å². The molecule has 2 aromatic carbocycles. The van der Waals surface area contributed by atoms with Crippen molar-refractivity contribution in [2.24, 2.45) is 0 Å². The molecule has 1 radical (unpaired) electrons. The lowest BCUT2D eigenvalue weighted by atomic mass is 9.98. The van der Waals surface area contributed by atoms with Crippen molar-refractivity contribution in [3.05, 3.63) is 47.5 Å². The van der Waals surface area contributed by atoms with Gasteiger partial charge in [-0.2, -0.15) is 0 Å². The molecule has 2 nitrogen and oxygen atoms in total. The number of carbonyl (C=O) groups excluding carboxylic acids is 2. The quantitative estimate of drug-likeness (QED) is 0.693. The predicted octanol–water partition coefficient (Wildman–Crippen LogP) is 2.50. The molecule has 73 valence electrons. The summed E-state index contributed by atoms with van der Waals surface area (Å²) >= 11 is 0. The Morgan fingerprint density at radius 2 is 1.87 bits per heavy atom. The van der Waals surface area contributed by atoms with Gasteiger partial charge in [-0.15, -0.1) is 0 Å². The maximum atomic E-state index is 11.3. The third kappa shape index (κ3) is 1.54. The van der Waals surface area contributed by atoms with Gasteiger partial charge in [0.15, 0.2) is 5.78 Å². The lowest BCUT2D eigenvalue weighted by Gasteiger charge is -2.04. The molecule has 0 heterocycles. The molecule has 0 aliphatic rings. The van der Waals surface area contributed by atoms with E-state index < -0.39 is 0 Å². The van der Waals surface area contributed by atoms with Crippen LogP contribution in [0.3, 0.4) is 0 Å². The number of fused-ring (bicyclic) bond motifs is 1. The molecule has 0 N–H and O–H groups in total. The summed E-state index contributed by atoms with van der Waals surface area (Å²) in [7, 11) is 0. The van der Waals surface area contributed by atoms with E-state index in [4.69, 9.17) is 0 Å². The van der Waals surface area contributed by atoms with Crippen LogP contribution in [0.4, 0.5) is 0 Å². The Morgan fingerprint density at radius 1 is 1.13 bits per heavy atom. The van der Waals surface area contributed by atoms with Crippen molar-refractivity contribution in [2.45, 2.75) is 6.92 Å². The van der Waals surface area contributed by atoms with Gasteiger partial charge in [-0.3, -0.25) is 9.59 Å². The monoisotopic (exact) mass is 197 g/mol. The number of carbonyl (C=O) groups is 1. The topological polar surface area (TPSA) is 34.1 Å². The van der Waals surface area contributed by atoms with Gasteiger partial charge >= 0.3 is 0 Å². The molecule has 0 amide bonds. The zero-order valence-electron chi connectivity index (χ0n) is 8.28. The maximum Gasteiger partial charge on any atom is 0.234 e. The summed E-state index contributed by atoms with van der Waals surface area (Å²) < 4.78 is 0. The summed E-state index contributed by atoms with van der Waals surface area (Å²) in [6, 6.07) is 11.0. The van der Waals surface area contributed by atoms with Gasteiger partial charge < -0.3 is 0 Å². The minimum absolute atomic E-state index is 0.112. The molecule has 0 fully saturated rings. The van der Waals surface area contributed by atoms with Gasteiger partial charge in [-0.05, 0) is 17.7 Å². The van der Waals surface area contributed by atoms with Crippen molar-refractivity contribution < 1.29 is 9.59 Å². The Hall–Kier alpha value is -1.96. The fourth-order valence-corrected chi connectivity index (χ4v) is 1.67. The predicted molar refractivity (Wildman–Crippen MR) is 58.7 cm³/mol. The highest BCUT2D eigenvalue weighted by Gasteiger charge is 2.10. The van der Waals surface area contributed by atoms with Gasteiger partial charge in [0.05, 0.1) is 0 Å². The van der Waals surface area contributed by atoms with Crippen LogP contribution in [0.1, 0.15) is 22.8 Å². The van der Waals surface area contributed by atoms with Crippen LogP contribution in [0.15, 0.2) is 36.4 Å². The van der Waals surface area contributed by atoms with Crippen LogP contribution in [0, 0.1) is 0 Å². The highest BCUT2D eigenvalue weighted by Crippen LogP contribution is 2.21. The van der Waals surface area contributed by atoms with Gasteiger partial charge in [0, 0.05) is 11.1 Å². The second-order valence-electron chi connectivity index (χ2n) is 3.37.